The quantitative estimate of drug-likeness (QED) is 0.366. The van der Waals surface area contributed by atoms with E-state index in [-0.39, 0.29) is 23.4 Å². The minimum absolute atomic E-state index is 0.0000733. The second-order valence-electron chi connectivity index (χ2n) is 7.83. The Balaban J connectivity index is 1.51. The van der Waals surface area contributed by atoms with E-state index in [1.54, 1.807) is 25.3 Å². The minimum atomic E-state index is -0.223. The van der Waals surface area contributed by atoms with Crippen LogP contribution in [0.3, 0.4) is 0 Å². The summed E-state index contributed by atoms with van der Waals surface area (Å²) in [5, 5.41) is 0.965. The molecular formula is C24H21NO5. The standard InChI is InChI=1S/C24H21NO5/c1-13-8-17(29-24(27)14-4-5-14)11-20-22(13)23(26)21(30-20)9-15-12-25(2)19-7-6-16(28-3)10-18(15)19/h6-12,14H,4-5H2,1-3H3/b21-9-. The number of hydrogen-bond acceptors (Lipinski definition) is 5. The van der Waals surface area contributed by atoms with Gasteiger partial charge in [-0.05, 0) is 55.7 Å². The van der Waals surface area contributed by atoms with Crippen LogP contribution in [0.25, 0.3) is 17.0 Å². The Morgan fingerprint density at radius 1 is 1.20 bits per heavy atom. The van der Waals surface area contributed by atoms with Crippen molar-refractivity contribution < 1.29 is 23.8 Å². The van der Waals surface area contributed by atoms with Gasteiger partial charge in [0.2, 0.25) is 5.78 Å². The molecule has 30 heavy (non-hydrogen) atoms. The smallest absolute Gasteiger partial charge is 0.314 e. The van der Waals surface area contributed by atoms with E-state index in [4.69, 9.17) is 14.2 Å². The van der Waals surface area contributed by atoms with Crippen molar-refractivity contribution in [2.45, 2.75) is 19.8 Å². The van der Waals surface area contributed by atoms with Gasteiger partial charge in [0.05, 0.1) is 18.6 Å². The first-order valence-corrected chi connectivity index (χ1v) is 9.88. The number of rotatable bonds is 4. The lowest BCUT2D eigenvalue weighted by molar-refractivity contribution is -0.135. The first kappa shape index (κ1) is 18.5. The highest BCUT2D eigenvalue weighted by molar-refractivity contribution is 6.16. The fourth-order valence-corrected chi connectivity index (χ4v) is 3.84. The third-order valence-electron chi connectivity index (χ3n) is 5.59. The number of esters is 1. The van der Waals surface area contributed by atoms with Gasteiger partial charge in [0.15, 0.2) is 5.76 Å². The van der Waals surface area contributed by atoms with Gasteiger partial charge < -0.3 is 18.8 Å². The Kier molecular flexibility index (Phi) is 4.17. The highest BCUT2D eigenvalue weighted by Gasteiger charge is 2.33. The summed E-state index contributed by atoms with van der Waals surface area (Å²) in [6.45, 7) is 1.82. The van der Waals surface area contributed by atoms with Crippen LogP contribution in [-0.2, 0) is 11.8 Å². The third kappa shape index (κ3) is 3.05. The summed E-state index contributed by atoms with van der Waals surface area (Å²) in [7, 11) is 3.58. The molecule has 6 heteroatoms. The second-order valence-corrected chi connectivity index (χ2v) is 7.83. The number of allylic oxidation sites excluding steroid dienone is 1. The van der Waals surface area contributed by atoms with Gasteiger partial charge in [0, 0.05) is 35.8 Å². The Bertz CT molecular complexity index is 1250. The Morgan fingerprint density at radius 3 is 2.73 bits per heavy atom. The average Bonchev–Trinajstić information content (AvgIpc) is 3.46. The number of benzene rings is 2. The maximum atomic E-state index is 13.0. The first-order chi connectivity index (χ1) is 14.4. The van der Waals surface area contributed by atoms with E-state index in [2.05, 4.69) is 0 Å². The normalized spacial score (nSPS) is 16.6. The molecule has 0 radical (unpaired) electrons. The van der Waals surface area contributed by atoms with Gasteiger partial charge in [0.25, 0.3) is 0 Å². The number of ketones is 1. The van der Waals surface area contributed by atoms with Gasteiger partial charge in [-0.15, -0.1) is 0 Å². The maximum Gasteiger partial charge on any atom is 0.314 e. The minimum Gasteiger partial charge on any atom is -0.497 e. The van der Waals surface area contributed by atoms with Gasteiger partial charge >= 0.3 is 5.97 Å². The van der Waals surface area contributed by atoms with Crippen LogP contribution in [0.2, 0.25) is 0 Å². The lowest BCUT2D eigenvalue weighted by Gasteiger charge is -2.07. The van der Waals surface area contributed by atoms with Crippen LogP contribution in [0.15, 0.2) is 42.3 Å². The van der Waals surface area contributed by atoms with E-state index < -0.39 is 0 Å². The second kappa shape index (κ2) is 6.76. The molecule has 0 N–H and O–H groups in total. The van der Waals surface area contributed by atoms with Crippen LogP contribution in [0.5, 0.6) is 17.2 Å². The molecule has 1 aromatic heterocycles. The van der Waals surface area contributed by atoms with E-state index in [0.717, 1.165) is 40.6 Å². The lowest BCUT2D eigenvalue weighted by Crippen LogP contribution is -2.10. The molecule has 0 spiro atoms. The van der Waals surface area contributed by atoms with Gasteiger partial charge in [-0.3, -0.25) is 9.59 Å². The molecule has 0 atom stereocenters. The number of carbonyl (C=O) groups is 2. The summed E-state index contributed by atoms with van der Waals surface area (Å²) in [6, 6.07) is 9.15. The number of carbonyl (C=O) groups excluding carboxylic acids is 2. The van der Waals surface area contributed by atoms with Crippen molar-refractivity contribution in [3.05, 3.63) is 59.0 Å². The topological polar surface area (TPSA) is 66.8 Å². The summed E-state index contributed by atoms with van der Waals surface area (Å²) < 4.78 is 18.7. The molecule has 3 aromatic rings. The molecule has 2 heterocycles. The average molecular weight is 403 g/mol. The summed E-state index contributed by atoms with van der Waals surface area (Å²) in [5.41, 5.74) is 3.11. The van der Waals surface area contributed by atoms with E-state index >= 15 is 0 Å². The number of methoxy groups -OCH3 is 1. The van der Waals surface area contributed by atoms with Crippen LogP contribution < -0.4 is 14.2 Å². The number of fused-ring (bicyclic) bond motifs is 2. The molecule has 0 amide bonds. The molecule has 1 saturated carbocycles. The van der Waals surface area contributed by atoms with Crippen LogP contribution in [0.4, 0.5) is 0 Å². The van der Waals surface area contributed by atoms with Crippen LogP contribution >= 0.6 is 0 Å². The van der Waals surface area contributed by atoms with Crippen molar-refractivity contribution in [2.75, 3.05) is 7.11 Å². The van der Waals surface area contributed by atoms with Crippen molar-refractivity contribution in [1.29, 1.82) is 0 Å². The summed E-state index contributed by atoms with van der Waals surface area (Å²) in [6.07, 6.45) is 5.45. The zero-order chi connectivity index (χ0) is 21.0. The van der Waals surface area contributed by atoms with Gasteiger partial charge in [0.1, 0.15) is 17.2 Å². The van der Waals surface area contributed by atoms with E-state index in [0.29, 0.717) is 17.1 Å². The molecule has 1 aliphatic heterocycles. The monoisotopic (exact) mass is 403 g/mol. The Hall–Kier alpha value is -3.54. The molecule has 1 aliphatic carbocycles. The van der Waals surface area contributed by atoms with Crippen LogP contribution in [0, 0.1) is 12.8 Å². The fourth-order valence-electron chi connectivity index (χ4n) is 3.84. The molecule has 0 saturated heterocycles. The van der Waals surface area contributed by atoms with Gasteiger partial charge in [-0.2, -0.15) is 0 Å². The number of ether oxygens (including phenoxy) is 3. The molecule has 0 unspecified atom stereocenters. The van der Waals surface area contributed by atoms with E-state index in [1.807, 2.05) is 42.9 Å². The molecule has 2 aliphatic rings. The van der Waals surface area contributed by atoms with E-state index in [1.165, 1.54) is 0 Å². The van der Waals surface area contributed by atoms with Crippen LogP contribution in [0.1, 0.15) is 34.3 Å². The number of hydrogen-bond donors (Lipinski definition) is 0. The predicted molar refractivity (Wildman–Crippen MR) is 112 cm³/mol. The zero-order valence-electron chi connectivity index (χ0n) is 17.0. The Morgan fingerprint density at radius 2 is 2.00 bits per heavy atom. The summed E-state index contributed by atoms with van der Waals surface area (Å²) >= 11 is 0. The summed E-state index contributed by atoms with van der Waals surface area (Å²) in [5.74, 6) is 1.42. The van der Waals surface area contributed by atoms with Crippen molar-refractivity contribution >= 4 is 28.7 Å². The molecular weight excluding hydrogens is 382 g/mol. The van der Waals surface area contributed by atoms with Crippen molar-refractivity contribution in [2.24, 2.45) is 13.0 Å². The van der Waals surface area contributed by atoms with Crippen molar-refractivity contribution in [3.63, 3.8) is 0 Å². The lowest BCUT2D eigenvalue weighted by atomic mass is 10.0. The molecule has 1 fully saturated rings. The van der Waals surface area contributed by atoms with Gasteiger partial charge in [-0.25, -0.2) is 0 Å². The molecule has 2 aromatic carbocycles. The molecule has 5 rings (SSSR count). The SMILES string of the molecule is COc1ccc2c(c1)c(/C=C1\Oc3cc(OC(=O)C4CC4)cc(C)c3C1=O)cn2C. The fraction of sp³-hybridized carbons (Fsp3) is 0.250. The van der Waals surface area contributed by atoms with Crippen molar-refractivity contribution in [3.8, 4) is 17.2 Å². The maximum absolute atomic E-state index is 13.0. The molecule has 0 bridgehead atoms. The predicted octanol–water partition coefficient (Wildman–Crippen LogP) is 4.43. The highest BCUT2D eigenvalue weighted by atomic mass is 16.5. The van der Waals surface area contributed by atoms with Gasteiger partial charge in [-0.1, -0.05) is 0 Å². The van der Waals surface area contributed by atoms with E-state index in [9.17, 15) is 9.59 Å². The number of aromatic nitrogens is 1. The van der Waals surface area contributed by atoms with Crippen molar-refractivity contribution in [1.82, 2.24) is 4.57 Å². The first-order valence-electron chi connectivity index (χ1n) is 9.88. The number of Topliss-reactive ketones (excluding diaryl/α,β-unsaturated/α-hetero) is 1. The van der Waals surface area contributed by atoms with Crippen LogP contribution in [-0.4, -0.2) is 23.4 Å². The third-order valence-corrected chi connectivity index (χ3v) is 5.59. The number of nitrogens with zero attached hydrogens (tertiary/aromatic N) is 1. The highest BCUT2D eigenvalue weighted by Crippen LogP contribution is 2.39. The molecule has 6 nitrogen and oxygen atoms in total. The largest absolute Gasteiger partial charge is 0.497 e. The summed E-state index contributed by atoms with van der Waals surface area (Å²) in [4.78, 5) is 25.0. The molecule has 152 valence electrons. The number of aryl methyl sites for hydroxylation is 2. The zero-order valence-corrected chi connectivity index (χ0v) is 17.0. The Labute approximate surface area is 173 Å².